The summed E-state index contributed by atoms with van der Waals surface area (Å²) in [5, 5.41) is 7.13. The Morgan fingerprint density at radius 2 is 1.73 bits per heavy atom. The largest absolute Gasteiger partial charge is 0.334 e. The number of H-pyrrole nitrogens is 1. The van der Waals surface area contributed by atoms with Crippen LogP contribution in [0.25, 0.3) is 11.3 Å². The molecular formula is C22H22N4O3S. The first-order chi connectivity index (χ1) is 14.5. The second kappa shape index (κ2) is 7.37. The summed E-state index contributed by atoms with van der Waals surface area (Å²) < 4.78 is 28.1. The number of fused-ring (bicyclic) bond motifs is 2. The lowest BCUT2D eigenvalue weighted by molar-refractivity contribution is 0.0685. The number of carbonyl (C=O) groups excluding carboxylic acids is 1. The number of hydrogen-bond donors (Lipinski definition) is 2. The Kier molecular flexibility index (Phi) is 4.67. The van der Waals surface area contributed by atoms with Crippen LogP contribution in [0.15, 0.2) is 71.6 Å². The number of piperidine rings is 1. The molecule has 3 unspecified atom stereocenters. The van der Waals surface area contributed by atoms with Crippen molar-refractivity contribution in [3.63, 3.8) is 0 Å². The van der Waals surface area contributed by atoms with Gasteiger partial charge in [-0.25, -0.2) is 13.1 Å². The van der Waals surface area contributed by atoms with Crippen LogP contribution < -0.4 is 4.72 Å². The van der Waals surface area contributed by atoms with Crippen molar-refractivity contribution in [2.45, 2.75) is 29.8 Å². The highest BCUT2D eigenvalue weighted by molar-refractivity contribution is 7.89. The molecule has 1 aliphatic heterocycles. The van der Waals surface area contributed by atoms with Gasteiger partial charge in [0.2, 0.25) is 10.0 Å². The van der Waals surface area contributed by atoms with Gasteiger partial charge in [-0.15, -0.1) is 0 Å². The summed E-state index contributed by atoms with van der Waals surface area (Å²) in [7, 11) is -3.55. The van der Waals surface area contributed by atoms with E-state index >= 15 is 0 Å². The van der Waals surface area contributed by atoms with Gasteiger partial charge in [-0.2, -0.15) is 5.10 Å². The fourth-order valence-electron chi connectivity index (χ4n) is 4.56. The molecule has 2 heterocycles. The van der Waals surface area contributed by atoms with Crippen molar-refractivity contribution < 1.29 is 13.2 Å². The molecule has 3 aromatic rings. The van der Waals surface area contributed by atoms with Crippen LogP contribution in [0.4, 0.5) is 0 Å². The van der Waals surface area contributed by atoms with Crippen LogP contribution >= 0.6 is 0 Å². The van der Waals surface area contributed by atoms with Crippen molar-refractivity contribution in [1.82, 2.24) is 19.8 Å². The summed E-state index contributed by atoms with van der Waals surface area (Å²) in [5.74, 6) is 0.0375. The number of rotatable bonds is 5. The first-order valence-electron chi connectivity index (χ1n) is 10.0. The zero-order chi connectivity index (χ0) is 20.7. The van der Waals surface area contributed by atoms with Gasteiger partial charge in [0.25, 0.3) is 5.91 Å². The van der Waals surface area contributed by atoms with E-state index < -0.39 is 10.0 Å². The van der Waals surface area contributed by atoms with E-state index in [1.807, 2.05) is 35.2 Å². The van der Waals surface area contributed by atoms with Crippen LogP contribution in [-0.2, 0) is 10.0 Å². The fourth-order valence-corrected chi connectivity index (χ4v) is 5.90. The lowest BCUT2D eigenvalue weighted by Crippen LogP contribution is -2.47. The standard InChI is InChI=1S/C22H22N4O3S/c27-22(21-13-19(23-24-21)15-7-3-1-4-8-15)26-14-16-11-17(26)12-20(16)25-30(28,29)18-9-5-2-6-10-18/h1-10,13,16-17,20,25H,11-12,14H2,(H,23,24). The van der Waals surface area contributed by atoms with Gasteiger partial charge in [-0.3, -0.25) is 9.89 Å². The average Bonchev–Trinajstić information content (AvgIpc) is 3.50. The van der Waals surface area contributed by atoms with Gasteiger partial charge in [-0.05, 0) is 37.0 Å². The summed E-state index contributed by atoms with van der Waals surface area (Å²) >= 11 is 0. The molecule has 5 rings (SSSR count). The van der Waals surface area contributed by atoms with E-state index in [2.05, 4.69) is 14.9 Å². The lowest BCUT2D eigenvalue weighted by atomic mass is 10.0. The first kappa shape index (κ1) is 19.0. The van der Waals surface area contributed by atoms with Crippen LogP contribution in [0.2, 0.25) is 0 Å². The normalized spacial score (nSPS) is 23.1. The third kappa shape index (κ3) is 3.42. The molecule has 1 aromatic heterocycles. The van der Waals surface area contributed by atoms with Crippen molar-refractivity contribution in [3.05, 3.63) is 72.4 Å². The highest BCUT2D eigenvalue weighted by atomic mass is 32.2. The number of nitrogens with one attached hydrogen (secondary N) is 2. The Bertz CT molecular complexity index is 1160. The molecular weight excluding hydrogens is 400 g/mol. The number of aromatic amines is 1. The van der Waals surface area contributed by atoms with Crippen molar-refractivity contribution in [2.75, 3.05) is 6.54 Å². The molecule has 0 radical (unpaired) electrons. The maximum Gasteiger partial charge on any atom is 0.272 e. The van der Waals surface area contributed by atoms with E-state index in [1.165, 1.54) is 0 Å². The van der Waals surface area contributed by atoms with E-state index in [0.717, 1.165) is 17.7 Å². The number of amides is 1. The summed E-state index contributed by atoms with van der Waals surface area (Å²) in [6.07, 6.45) is 1.44. The predicted octanol–water partition coefficient (Wildman–Crippen LogP) is 2.66. The van der Waals surface area contributed by atoms with Crippen LogP contribution in [0.1, 0.15) is 23.3 Å². The van der Waals surface area contributed by atoms with Crippen LogP contribution in [0.5, 0.6) is 0 Å². The van der Waals surface area contributed by atoms with Crippen molar-refractivity contribution in [3.8, 4) is 11.3 Å². The Hall–Kier alpha value is -2.97. The molecule has 30 heavy (non-hydrogen) atoms. The van der Waals surface area contributed by atoms with Crippen LogP contribution in [-0.4, -0.2) is 48.1 Å². The van der Waals surface area contributed by atoms with Gasteiger partial charge in [0, 0.05) is 24.2 Å². The molecule has 2 aliphatic rings. The Balaban J connectivity index is 1.26. The minimum Gasteiger partial charge on any atom is -0.334 e. The molecule has 8 heteroatoms. The summed E-state index contributed by atoms with van der Waals surface area (Å²) in [5.41, 5.74) is 2.14. The highest BCUT2D eigenvalue weighted by Crippen LogP contribution is 2.39. The molecule has 0 spiro atoms. The molecule has 2 bridgehead atoms. The summed E-state index contributed by atoms with van der Waals surface area (Å²) in [6, 6.07) is 19.8. The van der Waals surface area contributed by atoms with E-state index in [0.29, 0.717) is 18.7 Å². The van der Waals surface area contributed by atoms with Gasteiger partial charge in [-0.1, -0.05) is 48.5 Å². The van der Waals surface area contributed by atoms with Gasteiger partial charge in [0.1, 0.15) is 5.69 Å². The molecule has 2 aromatic carbocycles. The third-order valence-corrected chi connectivity index (χ3v) is 7.55. The van der Waals surface area contributed by atoms with Crippen molar-refractivity contribution in [2.24, 2.45) is 5.92 Å². The SMILES string of the molecule is O=C(c1cc(-c2ccccc2)n[nH]1)N1CC2CC1CC2NS(=O)(=O)c1ccccc1. The van der Waals surface area contributed by atoms with Crippen LogP contribution in [0.3, 0.4) is 0 Å². The molecule has 2 N–H and O–H groups in total. The molecule has 1 amide bonds. The smallest absolute Gasteiger partial charge is 0.272 e. The summed E-state index contributed by atoms with van der Waals surface area (Å²) in [6.45, 7) is 0.547. The maximum atomic E-state index is 13.0. The van der Waals surface area contributed by atoms with Crippen molar-refractivity contribution in [1.29, 1.82) is 0 Å². The molecule has 154 valence electrons. The van der Waals surface area contributed by atoms with Crippen LogP contribution in [0, 0.1) is 5.92 Å². The molecule has 1 aliphatic carbocycles. The Labute approximate surface area is 175 Å². The predicted molar refractivity (Wildman–Crippen MR) is 112 cm³/mol. The number of sulfonamides is 1. The summed E-state index contributed by atoms with van der Waals surface area (Å²) in [4.78, 5) is 15.1. The van der Waals surface area contributed by atoms with Gasteiger partial charge in [0.15, 0.2) is 0 Å². The monoisotopic (exact) mass is 422 g/mol. The van der Waals surface area contributed by atoms with Crippen molar-refractivity contribution >= 4 is 15.9 Å². The lowest BCUT2D eigenvalue weighted by Gasteiger charge is -2.31. The molecule has 7 nitrogen and oxygen atoms in total. The van der Waals surface area contributed by atoms with E-state index in [9.17, 15) is 13.2 Å². The zero-order valence-electron chi connectivity index (χ0n) is 16.2. The number of benzene rings is 2. The average molecular weight is 423 g/mol. The number of hydrogen-bond acceptors (Lipinski definition) is 4. The second-order valence-electron chi connectivity index (χ2n) is 7.92. The molecule has 3 atom stereocenters. The first-order valence-corrected chi connectivity index (χ1v) is 11.5. The Morgan fingerprint density at radius 3 is 2.40 bits per heavy atom. The third-order valence-electron chi connectivity index (χ3n) is 6.04. The topological polar surface area (TPSA) is 95.2 Å². The molecule has 2 fully saturated rings. The molecule has 1 saturated carbocycles. The zero-order valence-corrected chi connectivity index (χ0v) is 17.0. The van der Waals surface area contributed by atoms with E-state index in [-0.39, 0.29) is 28.8 Å². The van der Waals surface area contributed by atoms with Gasteiger partial charge >= 0.3 is 0 Å². The fraction of sp³-hybridized carbons (Fsp3) is 0.273. The van der Waals surface area contributed by atoms with Gasteiger partial charge in [0.05, 0.1) is 10.6 Å². The van der Waals surface area contributed by atoms with E-state index in [1.54, 1.807) is 36.4 Å². The molecule has 1 saturated heterocycles. The van der Waals surface area contributed by atoms with Gasteiger partial charge < -0.3 is 4.90 Å². The second-order valence-corrected chi connectivity index (χ2v) is 9.63. The minimum absolute atomic E-state index is 0.0365. The number of likely N-dealkylation sites (tertiary alicyclic amines) is 1. The van der Waals surface area contributed by atoms with E-state index in [4.69, 9.17) is 0 Å². The highest BCUT2D eigenvalue weighted by Gasteiger charge is 2.48. The maximum absolute atomic E-state index is 13.0. The minimum atomic E-state index is -3.55. The Morgan fingerprint density at radius 1 is 1.03 bits per heavy atom. The number of nitrogens with zero attached hydrogens (tertiary/aromatic N) is 2. The number of aromatic nitrogens is 2. The number of carbonyl (C=O) groups is 1. The quantitative estimate of drug-likeness (QED) is 0.661.